The van der Waals surface area contributed by atoms with Gasteiger partial charge < -0.3 is 4.98 Å². The molecular weight excluding hydrogens is 332 g/mol. The van der Waals surface area contributed by atoms with Crippen molar-refractivity contribution in [1.29, 1.82) is 0 Å². The van der Waals surface area contributed by atoms with Gasteiger partial charge in [-0.15, -0.1) is 0 Å². The first kappa shape index (κ1) is 17.6. The molecule has 0 aliphatic heterocycles. The van der Waals surface area contributed by atoms with E-state index in [1.54, 1.807) is 42.4 Å². The number of nitrogens with zero attached hydrogens (tertiary/aromatic N) is 2. The number of aryl methyl sites for hydroxylation is 2. The quantitative estimate of drug-likeness (QED) is 0.433. The molecule has 6 nitrogen and oxygen atoms in total. The highest BCUT2D eigenvalue weighted by atomic mass is 32.2. The van der Waals surface area contributed by atoms with Crippen molar-refractivity contribution in [3.05, 3.63) is 47.5 Å². The zero-order chi connectivity index (χ0) is 16.7. The van der Waals surface area contributed by atoms with E-state index < -0.39 is 10.0 Å². The van der Waals surface area contributed by atoms with E-state index in [4.69, 9.17) is 0 Å². The minimum Gasteiger partial charge on any atom is -0.348 e. The van der Waals surface area contributed by atoms with Crippen LogP contribution in [0.3, 0.4) is 0 Å². The van der Waals surface area contributed by atoms with Crippen LogP contribution in [0.15, 0.2) is 40.5 Å². The number of aromatic amines is 1. The van der Waals surface area contributed by atoms with Crippen LogP contribution in [0.5, 0.6) is 0 Å². The van der Waals surface area contributed by atoms with Crippen molar-refractivity contribution in [3.8, 4) is 0 Å². The summed E-state index contributed by atoms with van der Waals surface area (Å²) in [6.07, 6.45) is 2.93. The number of thioether (sulfide) groups is 1. The van der Waals surface area contributed by atoms with Crippen molar-refractivity contribution in [2.45, 2.75) is 24.5 Å². The van der Waals surface area contributed by atoms with Crippen LogP contribution in [0.25, 0.3) is 0 Å². The van der Waals surface area contributed by atoms with Crippen LogP contribution in [0.1, 0.15) is 17.0 Å². The van der Waals surface area contributed by atoms with Gasteiger partial charge in [0, 0.05) is 23.7 Å². The molecule has 124 valence electrons. The average Bonchev–Trinajstić information content (AvgIpc) is 2.92. The molecule has 23 heavy (non-hydrogen) atoms. The topological polar surface area (TPSA) is 87.2 Å². The molecule has 1 aromatic heterocycles. The minimum absolute atomic E-state index is 0.234. The average molecular weight is 352 g/mol. The fraction of sp³-hybridized carbons (Fsp3) is 0.333. The van der Waals surface area contributed by atoms with Crippen LogP contribution in [0, 0.1) is 13.8 Å². The molecule has 0 atom stereocenters. The lowest BCUT2D eigenvalue weighted by Gasteiger charge is -2.03. The smallest absolute Gasteiger partial charge is 0.262 e. The second kappa shape index (κ2) is 8.16. The van der Waals surface area contributed by atoms with Gasteiger partial charge in [0.15, 0.2) is 0 Å². The highest BCUT2D eigenvalue weighted by Gasteiger charge is 2.10. The first-order valence-electron chi connectivity index (χ1n) is 7.13. The molecule has 1 aromatic carbocycles. The third kappa shape index (κ3) is 5.40. The molecular formula is C15H20N4O2S2. The maximum Gasteiger partial charge on any atom is 0.262 e. The number of sulfonamides is 1. The molecule has 2 rings (SSSR count). The fourth-order valence-corrected chi connectivity index (χ4v) is 3.48. The zero-order valence-electron chi connectivity index (χ0n) is 13.1. The van der Waals surface area contributed by atoms with Gasteiger partial charge in [-0.2, -0.15) is 11.8 Å². The molecule has 2 aromatic rings. The summed E-state index contributed by atoms with van der Waals surface area (Å²) >= 11 is 1.71. The summed E-state index contributed by atoms with van der Waals surface area (Å²) in [4.78, 5) is 11.6. The van der Waals surface area contributed by atoms with Crippen molar-refractivity contribution >= 4 is 28.1 Å². The van der Waals surface area contributed by atoms with Gasteiger partial charge in [-0.1, -0.05) is 17.7 Å². The molecule has 0 fully saturated rings. The summed E-state index contributed by atoms with van der Waals surface area (Å²) in [7, 11) is -3.53. The molecule has 0 amide bonds. The number of nitrogens with one attached hydrogen (secondary N) is 2. The molecule has 2 N–H and O–H groups in total. The van der Waals surface area contributed by atoms with Gasteiger partial charge in [-0.05, 0) is 26.0 Å². The van der Waals surface area contributed by atoms with E-state index in [1.807, 2.05) is 13.8 Å². The van der Waals surface area contributed by atoms with Crippen LogP contribution >= 0.6 is 11.8 Å². The van der Waals surface area contributed by atoms with E-state index in [9.17, 15) is 8.42 Å². The van der Waals surface area contributed by atoms with E-state index in [0.717, 1.165) is 28.5 Å². The summed E-state index contributed by atoms with van der Waals surface area (Å²) in [6, 6.07) is 6.68. The maximum atomic E-state index is 12.0. The van der Waals surface area contributed by atoms with Crippen LogP contribution in [-0.4, -0.2) is 37.0 Å². The Bertz CT molecular complexity index is 752. The number of aliphatic imine (C=N–C) groups is 1. The third-order valence-corrected chi connectivity index (χ3v) is 5.43. The van der Waals surface area contributed by atoms with Crippen molar-refractivity contribution < 1.29 is 8.42 Å². The summed E-state index contributed by atoms with van der Waals surface area (Å²) in [5, 5.41) is 0. The second-order valence-corrected chi connectivity index (χ2v) is 7.82. The van der Waals surface area contributed by atoms with Crippen LogP contribution < -0.4 is 4.72 Å². The largest absolute Gasteiger partial charge is 0.348 e. The lowest BCUT2D eigenvalue weighted by molar-refractivity contribution is 0.593. The molecule has 0 unspecified atom stereocenters. The third-order valence-electron chi connectivity index (χ3n) is 3.17. The maximum absolute atomic E-state index is 12.0. The Hall–Kier alpha value is -1.80. The normalized spacial score (nSPS) is 11.9. The van der Waals surface area contributed by atoms with Gasteiger partial charge in [0.25, 0.3) is 10.0 Å². The van der Waals surface area contributed by atoms with Crippen molar-refractivity contribution in [2.75, 3.05) is 12.3 Å². The summed E-state index contributed by atoms with van der Waals surface area (Å²) in [5.41, 5.74) is 3.13. The van der Waals surface area contributed by atoms with Gasteiger partial charge in [-0.3, -0.25) is 9.71 Å². The van der Waals surface area contributed by atoms with Gasteiger partial charge in [0.2, 0.25) is 0 Å². The Balaban J connectivity index is 1.72. The molecule has 0 spiro atoms. The van der Waals surface area contributed by atoms with Crippen molar-refractivity contribution in [1.82, 2.24) is 14.7 Å². The number of benzene rings is 1. The number of rotatable bonds is 8. The van der Waals surface area contributed by atoms with Gasteiger partial charge in [0.1, 0.15) is 0 Å². The molecule has 0 saturated heterocycles. The van der Waals surface area contributed by atoms with E-state index in [-0.39, 0.29) is 4.90 Å². The highest BCUT2D eigenvalue weighted by molar-refractivity contribution is 7.98. The Morgan fingerprint density at radius 3 is 2.70 bits per heavy atom. The molecule has 8 heteroatoms. The van der Waals surface area contributed by atoms with Crippen molar-refractivity contribution in [2.24, 2.45) is 4.99 Å². The molecule has 0 radical (unpaired) electrons. The monoisotopic (exact) mass is 352 g/mol. The van der Waals surface area contributed by atoms with Crippen LogP contribution in [-0.2, 0) is 15.8 Å². The van der Waals surface area contributed by atoms with E-state index in [0.29, 0.717) is 6.54 Å². The molecule has 0 bridgehead atoms. The van der Waals surface area contributed by atoms with Gasteiger partial charge >= 0.3 is 0 Å². The van der Waals surface area contributed by atoms with Crippen LogP contribution in [0.4, 0.5) is 0 Å². The van der Waals surface area contributed by atoms with E-state index in [1.165, 1.54) is 6.34 Å². The first-order chi connectivity index (χ1) is 11.0. The van der Waals surface area contributed by atoms with Gasteiger partial charge in [0.05, 0.1) is 23.3 Å². The number of imidazole rings is 1. The summed E-state index contributed by atoms with van der Waals surface area (Å²) in [6.45, 7) is 4.44. The molecule has 0 saturated carbocycles. The number of hydrogen-bond acceptors (Lipinski definition) is 5. The van der Waals surface area contributed by atoms with E-state index >= 15 is 0 Å². The standard InChI is InChI=1S/C15H20N4O2S2/c1-12-3-5-14(6-4-12)23(20,21)19-10-16-7-8-22-9-15-13(2)17-11-18-15/h3-6,10-11H,7-9H2,1-2H3,(H,16,19)(H,17,18). The lowest BCUT2D eigenvalue weighted by atomic mass is 10.2. The number of aromatic nitrogens is 2. The Kier molecular flexibility index (Phi) is 6.23. The first-order valence-corrected chi connectivity index (χ1v) is 9.77. The SMILES string of the molecule is Cc1ccc(S(=O)(=O)NC=NCCSCc2nc[nH]c2C)cc1. The minimum atomic E-state index is -3.53. The Morgan fingerprint density at radius 1 is 1.30 bits per heavy atom. The van der Waals surface area contributed by atoms with Crippen LogP contribution in [0.2, 0.25) is 0 Å². The summed E-state index contributed by atoms with van der Waals surface area (Å²) in [5.74, 6) is 1.62. The Labute approximate surface area is 140 Å². The van der Waals surface area contributed by atoms with E-state index in [2.05, 4.69) is 19.7 Å². The zero-order valence-corrected chi connectivity index (χ0v) is 14.7. The highest BCUT2D eigenvalue weighted by Crippen LogP contribution is 2.12. The fourth-order valence-electron chi connectivity index (χ4n) is 1.78. The Morgan fingerprint density at radius 2 is 2.04 bits per heavy atom. The molecule has 0 aliphatic carbocycles. The number of H-pyrrole nitrogens is 1. The lowest BCUT2D eigenvalue weighted by Crippen LogP contribution is -2.22. The predicted octanol–water partition coefficient (Wildman–Crippen LogP) is 2.27. The molecule has 0 aliphatic rings. The predicted molar refractivity (Wildman–Crippen MR) is 94.3 cm³/mol. The summed E-state index contributed by atoms with van der Waals surface area (Å²) < 4.78 is 26.4. The molecule has 1 heterocycles. The van der Waals surface area contributed by atoms with Gasteiger partial charge in [-0.25, -0.2) is 13.4 Å². The second-order valence-electron chi connectivity index (χ2n) is 5.00. The number of hydrogen-bond donors (Lipinski definition) is 2. The van der Waals surface area contributed by atoms with Crippen molar-refractivity contribution in [3.63, 3.8) is 0 Å².